The highest BCUT2D eigenvalue weighted by Gasteiger charge is 2.22. The lowest BCUT2D eigenvalue weighted by Gasteiger charge is -2.14. The highest BCUT2D eigenvalue weighted by molar-refractivity contribution is 5.98. The minimum Gasteiger partial charge on any atom is -0.445 e. The van der Waals surface area contributed by atoms with E-state index in [0.29, 0.717) is 6.61 Å². The number of nitrogens with one attached hydrogen (secondary N) is 1. The van der Waals surface area contributed by atoms with Crippen molar-refractivity contribution in [3.8, 4) is 0 Å². The first-order chi connectivity index (χ1) is 14.1. The fraction of sp³-hybridized carbons (Fsp3) is 0.227. The molecule has 3 rings (SSSR count). The molecule has 1 N–H and O–H groups in total. The number of aromatic nitrogens is 2. The topological polar surface area (TPSA) is 82.5 Å². The van der Waals surface area contributed by atoms with E-state index in [9.17, 15) is 9.59 Å². The van der Waals surface area contributed by atoms with E-state index in [4.69, 9.17) is 9.47 Å². The number of ether oxygens (including phenoxy) is 2. The number of rotatable bonds is 9. The van der Waals surface area contributed by atoms with Gasteiger partial charge in [-0.25, -0.2) is 9.78 Å². The minimum atomic E-state index is -0.784. The number of alkyl carbamates (subject to hydrolysis) is 1. The second-order valence-corrected chi connectivity index (χ2v) is 6.48. The van der Waals surface area contributed by atoms with Gasteiger partial charge < -0.3 is 19.4 Å². The predicted octanol–water partition coefficient (Wildman–Crippen LogP) is 3.56. The van der Waals surface area contributed by atoms with Crippen molar-refractivity contribution in [3.05, 3.63) is 90.0 Å². The van der Waals surface area contributed by atoms with E-state index >= 15 is 0 Å². The van der Waals surface area contributed by atoms with Crippen molar-refractivity contribution in [1.82, 2.24) is 14.9 Å². The first-order valence-corrected chi connectivity index (χ1v) is 9.27. The Labute approximate surface area is 169 Å². The highest BCUT2D eigenvalue weighted by atomic mass is 16.5. The lowest BCUT2D eigenvalue weighted by atomic mass is 10.2. The second kappa shape index (κ2) is 10.2. The third-order valence-electron chi connectivity index (χ3n) is 4.22. The first kappa shape index (κ1) is 20.3. The van der Waals surface area contributed by atoms with E-state index in [1.165, 1.54) is 6.20 Å². The Hall–Kier alpha value is -3.45. The number of hydrogen-bond acceptors (Lipinski definition) is 5. The monoisotopic (exact) mass is 393 g/mol. The Morgan fingerprint density at radius 1 is 1.00 bits per heavy atom. The van der Waals surface area contributed by atoms with Crippen molar-refractivity contribution in [1.29, 1.82) is 0 Å². The zero-order valence-corrected chi connectivity index (χ0v) is 16.2. The zero-order valence-electron chi connectivity index (χ0n) is 16.2. The van der Waals surface area contributed by atoms with Gasteiger partial charge >= 0.3 is 6.09 Å². The molecule has 0 aliphatic carbocycles. The molecule has 29 heavy (non-hydrogen) atoms. The third-order valence-corrected chi connectivity index (χ3v) is 4.22. The molecule has 150 valence electrons. The van der Waals surface area contributed by atoms with Crippen LogP contribution in [0.2, 0.25) is 0 Å². The van der Waals surface area contributed by atoms with Crippen LogP contribution in [0.3, 0.4) is 0 Å². The van der Waals surface area contributed by atoms with E-state index in [1.54, 1.807) is 17.7 Å². The summed E-state index contributed by atoms with van der Waals surface area (Å²) in [4.78, 5) is 28.7. The van der Waals surface area contributed by atoms with E-state index in [2.05, 4.69) is 10.3 Å². The largest absolute Gasteiger partial charge is 0.445 e. The summed E-state index contributed by atoms with van der Waals surface area (Å²) in [5.41, 5.74) is 1.91. The third kappa shape index (κ3) is 6.02. The Balaban J connectivity index is 1.49. The van der Waals surface area contributed by atoms with Crippen molar-refractivity contribution in [3.63, 3.8) is 0 Å². The lowest BCUT2D eigenvalue weighted by Crippen LogP contribution is -2.39. The maximum absolute atomic E-state index is 12.7. The van der Waals surface area contributed by atoms with Crippen molar-refractivity contribution in [2.45, 2.75) is 32.9 Å². The standard InChI is InChI=1S/C22H23N3O4/c1-17(24-22(27)29-15-19-10-6-3-7-11-19)20(26)21-23-12-13-25(21)16-28-14-18-8-4-2-5-9-18/h2-13,17H,14-16H2,1H3,(H,24,27)/t17-/m0/s1. The van der Waals surface area contributed by atoms with E-state index < -0.39 is 12.1 Å². The number of Topliss-reactive ketones (excluding diaryl/α,β-unsaturated/α-hetero) is 1. The fourth-order valence-corrected chi connectivity index (χ4v) is 2.68. The SMILES string of the molecule is C[C@H](NC(=O)OCc1ccccc1)C(=O)c1nccn1COCc1ccccc1. The quantitative estimate of drug-likeness (QED) is 0.562. The van der Waals surface area contributed by atoms with Crippen molar-refractivity contribution in [2.24, 2.45) is 0 Å². The summed E-state index contributed by atoms with van der Waals surface area (Å²) < 4.78 is 12.4. The molecule has 1 heterocycles. The van der Waals surface area contributed by atoms with Gasteiger partial charge in [-0.1, -0.05) is 60.7 Å². The van der Waals surface area contributed by atoms with Gasteiger partial charge in [0.15, 0.2) is 5.82 Å². The average molecular weight is 393 g/mol. The molecule has 0 radical (unpaired) electrons. The lowest BCUT2D eigenvalue weighted by molar-refractivity contribution is 0.0600. The molecule has 7 heteroatoms. The van der Waals surface area contributed by atoms with E-state index in [1.807, 2.05) is 60.7 Å². The summed E-state index contributed by atoms with van der Waals surface area (Å²) in [5.74, 6) is -0.108. The maximum Gasteiger partial charge on any atom is 0.408 e. The fourth-order valence-electron chi connectivity index (χ4n) is 2.68. The maximum atomic E-state index is 12.7. The second-order valence-electron chi connectivity index (χ2n) is 6.48. The predicted molar refractivity (Wildman–Crippen MR) is 107 cm³/mol. The van der Waals surface area contributed by atoms with E-state index in [0.717, 1.165) is 11.1 Å². The molecule has 0 aliphatic rings. The van der Waals surface area contributed by atoms with Gasteiger partial charge in [0.05, 0.1) is 12.6 Å². The van der Waals surface area contributed by atoms with Crippen LogP contribution in [0.1, 0.15) is 28.7 Å². The molecular formula is C22H23N3O4. The number of carbonyl (C=O) groups is 2. The minimum absolute atomic E-state index is 0.134. The summed E-state index contributed by atoms with van der Waals surface area (Å²) in [7, 11) is 0. The van der Waals surface area contributed by atoms with Gasteiger partial charge in [0.1, 0.15) is 13.3 Å². The highest BCUT2D eigenvalue weighted by Crippen LogP contribution is 2.07. The number of imidazole rings is 1. The van der Waals surface area contributed by atoms with Gasteiger partial charge in [-0.15, -0.1) is 0 Å². The van der Waals surface area contributed by atoms with Crippen LogP contribution >= 0.6 is 0 Å². The average Bonchev–Trinajstić information content (AvgIpc) is 3.21. The number of nitrogens with zero attached hydrogens (tertiary/aromatic N) is 2. The molecule has 0 spiro atoms. The zero-order chi connectivity index (χ0) is 20.5. The van der Waals surface area contributed by atoms with Gasteiger partial charge in [0.25, 0.3) is 0 Å². The van der Waals surface area contributed by atoms with Crippen LogP contribution in [0.15, 0.2) is 73.1 Å². The molecule has 1 amide bonds. The number of benzene rings is 2. The van der Waals surface area contributed by atoms with Crippen LogP contribution < -0.4 is 5.32 Å². The van der Waals surface area contributed by atoms with Crippen LogP contribution in [-0.4, -0.2) is 27.5 Å². The molecule has 0 fully saturated rings. The molecular weight excluding hydrogens is 370 g/mol. The molecule has 0 aliphatic heterocycles. The smallest absolute Gasteiger partial charge is 0.408 e. The molecule has 0 unspecified atom stereocenters. The number of amides is 1. The van der Waals surface area contributed by atoms with Gasteiger partial charge in [-0.05, 0) is 18.1 Å². The Bertz CT molecular complexity index is 926. The molecule has 3 aromatic rings. The molecule has 0 saturated carbocycles. The van der Waals surface area contributed by atoms with Gasteiger partial charge in [0, 0.05) is 12.4 Å². The summed E-state index contributed by atoms with van der Waals surface area (Å²) in [6.07, 6.45) is 2.53. The van der Waals surface area contributed by atoms with Gasteiger partial charge in [-0.2, -0.15) is 0 Å². The number of hydrogen-bond donors (Lipinski definition) is 1. The van der Waals surface area contributed by atoms with Gasteiger partial charge in [0.2, 0.25) is 5.78 Å². The molecule has 7 nitrogen and oxygen atoms in total. The van der Waals surface area contributed by atoms with Gasteiger partial charge in [-0.3, -0.25) is 4.79 Å². The Morgan fingerprint density at radius 2 is 1.62 bits per heavy atom. The van der Waals surface area contributed by atoms with Crippen LogP contribution in [0, 0.1) is 0 Å². The van der Waals surface area contributed by atoms with Crippen LogP contribution in [0.5, 0.6) is 0 Å². The van der Waals surface area contributed by atoms with E-state index in [-0.39, 0.29) is 24.9 Å². The molecule has 2 aromatic carbocycles. The summed E-state index contributed by atoms with van der Waals surface area (Å²) in [6, 6.07) is 18.3. The van der Waals surface area contributed by atoms with Crippen LogP contribution in [0.4, 0.5) is 4.79 Å². The van der Waals surface area contributed by atoms with Crippen molar-refractivity contribution < 1.29 is 19.1 Å². The Kier molecular flexibility index (Phi) is 7.13. The normalized spacial score (nSPS) is 11.6. The van der Waals surface area contributed by atoms with Crippen LogP contribution in [-0.2, 0) is 29.4 Å². The Morgan fingerprint density at radius 3 is 2.28 bits per heavy atom. The number of carbonyl (C=O) groups excluding carboxylic acids is 2. The van der Waals surface area contributed by atoms with Crippen molar-refractivity contribution >= 4 is 11.9 Å². The first-order valence-electron chi connectivity index (χ1n) is 9.27. The molecule has 1 aromatic heterocycles. The number of ketones is 1. The molecule has 0 bridgehead atoms. The summed E-state index contributed by atoms with van der Waals surface area (Å²) >= 11 is 0. The van der Waals surface area contributed by atoms with Crippen LogP contribution in [0.25, 0.3) is 0 Å². The summed E-state index contributed by atoms with van der Waals surface area (Å²) in [5, 5.41) is 2.54. The molecule has 0 saturated heterocycles. The molecule has 1 atom stereocenters. The van der Waals surface area contributed by atoms with Crippen molar-refractivity contribution in [2.75, 3.05) is 0 Å². The summed E-state index contributed by atoms with van der Waals surface area (Å²) in [6.45, 7) is 2.33.